The van der Waals surface area contributed by atoms with Crippen molar-refractivity contribution in [3.05, 3.63) is 21.8 Å². The molecule has 0 aromatic heterocycles. The molecule has 7 heteroatoms. The molecule has 19 heavy (non-hydrogen) atoms. The van der Waals surface area contributed by atoms with E-state index in [4.69, 9.17) is 10.8 Å². The van der Waals surface area contributed by atoms with Crippen LogP contribution in [0.4, 0.5) is 0 Å². The van der Waals surface area contributed by atoms with Gasteiger partial charge in [0, 0.05) is 11.0 Å². The smallest absolute Gasteiger partial charge is 0.350 e. The Balaban J connectivity index is 2.21. The van der Waals surface area contributed by atoms with Crippen molar-refractivity contribution in [2.45, 2.75) is 31.7 Å². The molecule has 100 valence electrons. The van der Waals surface area contributed by atoms with Crippen molar-refractivity contribution in [2.24, 2.45) is 17.0 Å². The molecule has 1 N–H and O–H groups in total. The molecule has 0 aliphatic heterocycles. The van der Waals surface area contributed by atoms with Gasteiger partial charge in [-0.1, -0.05) is 6.42 Å². The Labute approximate surface area is 110 Å². The summed E-state index contributed by atoms with van der Waals surface area (Å²) in [4.78, 5) is 14.1. The van der Waals surface area contributed by atoms with Crippen LogP contribution < -0.4 is 5.32 Å². The summed E-state index contributed by atoms with van der Waals surface area (Å²) < 4.78 is 4.51. The van der Waals surface area contributed by atoms with Crippen molar-refractivity contribution in [3.63, 3.8) is 0 Å². The van der Waals surface area contributed by atoms with E-state index in [2.05, 4.69) is 20.1 Å². The monoisotopic (exact) mass is 261 g/mol. The van der Waals surface area contributed by atoms with Gasteiger partial charge in [0.15, 0.2) is 5.57 Å². The number of nitrogens with one attached hydrogen (secondary N) is 1. The van der Waals surface area contributed by atoms with Gasteiger partial charge in [0.1, 0.15) is 11.9 Å². The maximum Gasteiger partial charge on any atom is 0.350 e. The molecule has 3 atom stereocenters. The normalized spacial score (nSPS) is 28.9. The van der Waals surface area contributed by atoms with Crippen LogP contribution in [0, 0.1) is 23.2 Å². The van der Waals surface area contributed by atoms with Crippen molar-refractivity contribution < 1.29 is 9.53 Å². The minimum Gasteiger partial charge on any atom is -0.465 e. The molecule has 0 saturated heterocycles. The number of rotatable bonds is 4. The molecule has 2 aliphatic carbocycles. The Morgan fingerprint density at radius 3 is 2.79 bits per heavy atom. The first-order chi connectivity index (χ1) is 9.19. The van der Waals surface area contributed by atoms with Crippen molar-refractivity contribution >= 4 is 5.97 Å². The van der Waals surface area contributed by atoms with Gasteiger partial charge in [0.25, 0.3) is 0 Å². The molecule has 2 rings (SSSR count). The van der Waals surface area contributed by atoms with E-state index in [1.807, 2.05) is 0 Å². The third-order valence-corrected chi connectivity index (χ3v) is 3.94. The SMILES string of the molecule is COC(=O)/C(C#N)=C(/N=[N+]=[N-])N[C@@H]1C[C@H]2CC[C@@H]1C2. The number of hydrogen-bond donors (Lipinski definition) is 1. The predicted molar refractivity (Wildman–Crippen MR) is 66.2 cm³/mol. The fourth-order valence-electron chi connectivity index (χ4n) is 3.09. The Hall–Kier alpha value is -2.19. The van der Waals surface area contributed by atoms with E-state index >= 15 is 0 Å². The highest BCUT2D eigenvalue weighted by molar-refractivity contribution is 5.93. The second kappa shape index (κ2) is 5.63. The zero-order valence-corrected chi connectivity index (χ0v) is 10.7. The molecule has 0 unspecified atom stereocenters. The van der Waals surface area contributed by atoms with Crippen LogP contribution in [0.5, 0.6) is 0 Å². The maximum atomic E-state index is 11.5. The molecule has 2 saturated carbocycles. The molecule has 2 aliphatic rings. The fourth-order valence-corrected chi connectivity index (χ4v) is 3.09. The standard InChI is InChI=1S/C12H15N5O2/c1-19-12(18)9(6-13)11(16-17-14)15-10-5-7-2-3-8(10)4-7/h7-8,10,15H,2-5H2,1H3/b11-9+/t7-,8+,10+/m0/s1. The van der Waals surface area contributed by atoms with Gasteiger partial charge in [0.2, 0.25) is 0 Å². The van der Waals surface area contributed by atoms with E-state index < -0.39 is 5.97 Å². The molecular weight excluding hydrogens is 246 g/mol. The lowest BCUT2D eigenvalue weighted by atomic mass is 9.95. The Kier molecular flexibility index (Phi) is 3.93. The first-order valence-electron chi connectivity index (χ1n) is 6.24. The van der Waals surface area contributed by atoms with Crippen molar-refractivity contribution in [3.8, 4) is 6.07 Å². The number of azide groups is 1. The number of carbonyl (C=O) groups is 1. The van der Waals surface area contributed by atoms with Crippen molar-refractivity contribution in [1.82, 2.24) is 5.32 Å². The minimum absolute atomic E-state index is 0.0191. The topological polar surface area (TPSA) is 111 Å². The second-order valence-electron chi connectivity index (χ2n) is 4.94. The summed E-state index contributed by atoms with van der Waals surface area (Å²) in [5, 5.41) is 15.5. The molecule has 0 aromatic carbocycles. The van der Waals surface area contributed by atoms with E-state index in [9.17, 15) is 4.79 Å². The van der Waals surface area contributed by atoms with E-state index in [0.29, 0.717) is 11.8 Å². The predicted octanol–water partition coefficient (Wildman–Crippen LogP) is 1.98. The molecule has 0 aromatic rings. The summed E-state index contributed by atoms with van der Waals surface area (Å²) in [7, 11) is 1.19. The second-order valence-corrected chi connectivity index (χ2v) is 4.94. The highest BCUT2D eigenvalue weighted by Gasteiger charge is 2.40. The lowest BCUT2D eigenvalue weighted by Gasteiger charge is -2.24. The molecule has 7 nitrogen and oxygen atoms in total. The Bertz CT molecular complexity index is 501. The summed E-state index contributed by atoms with van der Waals surface area (Å²) in [6.07, 6.45) is 4.55. The van der Waals surface area contributed by atoms with Crippen LogP contribution in [0.15, 0.2) is 16.5 Å². The molecule has 0 amide bonds. The zero-order chi connectivity index (χ0) is 13.8. The Morgan fingerprint density at radius 2 is 2.32 bits per heavy atom. The van der Waals surface area contributed by atoms with Gasteiger partial charge in [-0.25, -0.2) is 4.79 Å². The number of nitrogens with zero attached hydrogens (tertiary/aromatic N) is 4. The summed E-state index contributed by atoms with van der Waals surface area (Å²) >= 11 is 0. The number of carbonyl (C=O) groups excluding carboxylic acids is 1. The van der Waals surface area contributed by atoms with Crippen LogP contribution >= 0.6 is 0 Å². The number of hydrogen-bond acceptors (Lipinski definition) is 5. The highest BCUT2D eigenvalue weighted by Crippen LogP contribution is 2.44. The lowest BCUT2D eigenvalue weighted by Crippen LogP contribution is -2.34. The van der Waals surface area contributed by atoms with Crippen LogP contribution in [0.1, 0.15) is 25.7 Å². The summed E-state index contributed by atoms with van der Waals surface area (Å²) in [5.41, 5.74) is 8.29. The van der Waals surface area contributed by atoms with E-state index in [1.165, 1.54) is 20.0 Å². The molecular formula is C12H15N5O2. The van der Waals surface area contributed by atoms with E-state index in [-0.39, 0.29) is 17.4 Å². The number of nitriles is 1. The maximum absolute atomic E-state index is 11.5. The summed E-state index contributed by atoms with van der Waals surface area (Å²) in [5.74, 6) is 0.430. The van der Waals surface area contributed by atoms with Gasteiger partial charge in [-0.3, -0.25) is 0 Å². The number of ether oxygens (including phenoxy) is 1. The molecule has 0 heterocycles. The van der Waals surface area contributed by atoms with Crippen LogP contribution in [0.25, 0.3) is 10.4 Å². The molecule has 2 bridgehead atoms. The van der Waals surface area contributed by atoms with Gasteiger partial charge in [-0.05, 0) is 41.7 Å². The van der Waals surface area contributed by atoms with E-state index in [0.717, 1.165) is 12.8 Å². The molecule has 0 radical (unpaired) electrons. The van der Waals surface area contributed by atoms with Crippen LogP contribution in [-0.2, 0) is 9.53 Å². The molecule has 0 spiro atoms. The fraction of sp³-hybridized carbons (Fsp3) is 0.667. The van der Waals surface area contributed by atoms with E-state index in [1.54, 1.807) is 6.07 Å². The summed E-state index contributed by atoms with van der Waals surface area (Å²) in [6, 6.07) is 1.91. The first-order valence-corrected chi connectivity index (χ1v) is 6.24. The number of fused-ring (bicyclic) bond motifs is 2. The van der Waals surface area contributed by atoms with Gasteiger partial charge in [-0.2, -0.15) is 5.26 Å². The Morgan fingerprint density at radius 1 is 1.53 bits per heavy atom. The lowest BCUT2D eigenvalue weighted by molar-refractivity contribution is -0.135. The van der Waals surface area contributed by atoms with Gasteiger partial charge in [-0.15, -0.1) is 0 Å². The summed E-state index contributed by atoms with van der Waals surface area (Å²) in [6.45, 7) is 0. The third kappa shape index (κ3) is 2.64. The third-order valence-electron chi connectivity index (χ3n) is 3.94. The zero-order valence-electron chi connectivity index (χ0n) is 10.7. The molecule has 2 fully saturated rings. The average Bonchev–Trinajstić information content (AvgIpc) is 3.01. The van der Waals surface area contributed by atoms with Crippen LogP contribution in [0.2, 0.25) is 0 Å². The van der Waals surface area contributed by atoms with Gasteiger partial charge >= 0.3 is 5.97 Å². The van der Waals surface area contributed by atoms with Crippen LogP contribution in [0.3, 0.4) is 0 Å². The van der Waals surface area contributed by atoms with Crippen molar-refractivity contribution in [2.75, 3.05) is 7.11 Å². The minimum atomic E-state index is -0.791. The number of methoxy groups -OCH3 is 1. The van der Waals surface area contributed by atoms with Gasteiger partial charge in [0.05, 0.1) is 7.11 Å². The quantitative estimate of drug-likeness (QED) is 0.208. The highest BCUT2D eigenvalue weighted by atomic mass is 16.5. The average molecular weight is 261 g/mol. The largest absolute Gasteiger partial charge is 0.465 e. The van der Waals surface area contributed by atoms with Crippen LogP contribution in [-0.4, -0.2) is 19.1 Å². The first kappa shape index (κ1) is 13.2. The van der Waals surface area contributed by atoms with Crippen molar-refractivity contribution in [1.29, 1.82) is 5.26 Å². The van der Waals surface area contributed by atoms with Gasteiger partial charge < -0.3 is 10.1 Å². The number of esters is 1.